The van der Waals surface area contributed by atoms with Crippen molar-refractivity contribution in [2.24, 2.45) is 5.92 Å². The molecule has 0 spiro atoms. The molecule has 1 saturated carbocycles. The lowest BCUT2D eigenvalue weighted by molar-refractivity contribution is 0.168. The van der Waals surface area contributed by atoms with Crippen LogP contribution in [0.25, 0.3) is 0 Å². The van der Waals surface area contributed by atoms with E-state index in [-0.39, 0.29) is 18.1 Å². The molecule has 1 aromatic heterocycles. The summed E-state index contributed by atoms with van der Waals surface area (Å²) in [5, 5.41) is 0. The second-order valence-electron chi connectivity index (χ2n) is 8.46. The topological polar surface area (TPSA) is 12.5 Å². The van der Waals surface area contributed by atoms with Gasteiger partial charge in [0.1, 0.15) is 11.6 Å². The average Bonchev–Trinajstić information content (AvgIpc) is 3.28. The molecular weight excluding hydrogens is 529 g/mol. The fraction of sp³-hybridized carbons (Fsp3) is 0.333. The fourth-order valence-corrected chi connectivity index (χ4v) is 6.62. The number of ether oxygens (including phenoxy) is 1. The number of benzene rings is 2. The van der Waals surface area contributed by atoms with Crippen LogP contribution in [0.1, 0.15) is 52.4 Å². The number of rotatable bonds is 4. The first-order valence-corrected chi connectivity index (χ1v) is 12.8. The van der Waals surface area contributed by atoms with Gasteiger partial charge in [-0.25, -0.2) is 4.39 Å². The SMILES string of the molecule is Fc1cc(Br)cc2c1C1Cc3cc(Br)ccc3N1C(c1ccc(CCC3CC3)s1)O2. The molecule has 2 aromatic carbocycles. The molecule has 3 aliphatic rings. The maximum absolute atomic E-state index is 15.0. The minimum Gasteiger partial charge on any atom is -0.465 e. The number of hydrogen-bond acceptors (Lipinski definition) is 3. The second-order valence-corrected chi connectivity index (χ2v) is 11.5. The van der Waals surface area contributed by atoms with Gasteiger partial charge >= 0.3 is 0 Å². The molecule has 1 aliphatic carbocycles. The van der Waals surface area contributed by atoms with Gasteiger partial charge < -0.3 is 9.64 Å². The highest BCUT2D eigenvalue weighted by atomic mass is 79.9. The molecule has 154 valence electrons. The van der Waals surface area contributed by atoms with Gasteiger partial charge in [-0.2, -0.15) is 0 Å². The minimum atomic E-state index is -0.238. The van der Waals surface area contributed by atoms with E-state index in [0.717, 1.165) is 28.9 Å². The van der Waals surface area contributed by atoms with Crippen molar-refractivity contribution in [3.63, 3.8) is 0 Å². The van der Waals surface area contributed by atoms with Crippen molar-refractivity contribution in [1.82, 2.24) is 0 Å². The van der Waals surface area contributed by atoms with E-state index >= 15 is 4.39 Å². The van der Waals surface area contributed by atoms with Crippen LogP contribution in [-0.2, 0) is 12.8 Å². The molecule has 3 heterocycles. The van der Waals surface area contributed by atoms with Gasteiger partial charge in [0, 0.05) is 19.5 Å². The lowest BCUT2D eigenvalue weighted by Crippen LogP contribution is -2.37. The molecular formula is C24H20Br2FNOS. The summed E-state index contributed by atoms with van der Waals surface area (Å²) in [6.45, 7) is 0. The van der Waals surface area contributed by atoms with Crippen LogP contribution in [0.3, 0.4) is 0 Å². The highest BCUT2D eigenvalue weighted by molar-refractivity contribution is 9.10. The Morgan fingerprint density at radius 3 is 2.77 bits per heavy atom. The summed E-state index contributed by atoms with van der Waals surface area (Å²) in [6.07, 6.45) is 5.76. The number of hydrogen-bond donors (Lipinski definition) is 0. The molecule has 0 radical (unpaired) electrons. The van der Waals surface area contributed by atoms with Crippen LogP contribution in [0.5, 0.6) is 5.75 Å². The van der Waals surface area contributed by atoms with E-state index in [4.69, 9.17) is 4.74 Å². The predicted octanol–water partition coefficient (Wildman–Crippen LogP) is 7.95. The third-order valence-corrected chi connectivity index (χ3v) is 8.50. The summed E-state index contributed by atoms with van der Waals surface area (Å²) in [4.78, 5) is 4.88. The molecule has 2 unspecified atom stereocenters. The molecule has 2 nitrogen and oxygen atoms in total. The Morgan fingerprint density at radius 1 is 1.07 bits per heavy atom. The maximum Gasteiger partial charge on any atom is 0.208 e. The molecule has 0 amide bonds. The van der Waals surface area contributed by atoms with Crippen LogP contribution in [0, 0.1) is 11.7 Å². The molecule has 3 aromatic rings. The highest BCUT2D eigenvalue weighted by Crippen LogP contribution is 2.54. The van der Waals surface area contributed by atoms with Gasteiger partial charge in [0.05, 0.1) is 16.5 Å². The van der Waals surface area contributed by atoms with Crippen molar-refractivity contribution in [2.75, 3.05) is 4.90 Å². The van der Waals surface area contributed by atoms with Gasteiger partial charge in [0.25, 0.3) is 0 Å². The first-order chi connectivity index (χ1) is 14.6. The van der Waals surface area contributed by atoms with Gasteiger partial charge in [-0.1, -0.05) is 44.7 Å². The van der Waals surface area contributed by atoms with Crippen LogP contribution < -0.4 is 9.64 Å². The summed E-state index contributed by atoms with van der Waals surface area (Å²) >= 11 is 8.86. The Hall–Kier alpha value is -1.37. The van der Waals surface area contributed by atoms with Gasteiger partial charge in [-0.3, -0.25) is 0 Å². The molecule has 1 fully saturated rings. The number of thiophene rings is 1. The normalized spacial score (nSPS) is 21.8. The quantitative estimate of drug-likeness (QED) is 0.328. The third-order valence-electron chi connectivity index (χ3n) is 6.37. The lowest BCUT2D eigenvalue weighted by atomic mass is 9.99. The Bertz CT molecular complexity index is 1140. The van der Waals surface area contributed by atoms with Crippen molar-refractivity contribution in [1.29, 1.82) is 0 Å². The van der Waals surface area contributed by atoms with Crippen molar-refractivity contribution < 1.29 is 9.13 Å². The summed E-state index contributed by atoms with van der Waals surface area (Å²) < 4.78 is 23.3. The van der Waals surface area contributed by atoms with E-state index in [0.29, 0.717) is 15.8 Å². The van der Waals surface area contributed by atoms with E-state index in [2.05, 4.69) is 67.1 Å². The summed E-state index contributed by atoms with van der Waals surface area (Å²) in [5.74, 6) is 1.37. The summed E-state index contributed by atoms with van der Waals surface area (Å²) in [5.41, 5.74) is 3.02. The highest BCUT2D eigenvalue weighted by Gasteiger charge is 2.44. The molecule has 0 bridgehead atoms. The van der Waals surface area contributed by atoms with Gasteiger partial charge in [0.2, 0.25) is 6.23 Å². The molecule has 0 N–H and O–H groups in total. The van der Waals surface area contributed by atoms with Gasteiger partial charge in [-0.05, 0) is 73.2 Å². The molecule has 30 heavy (non-hydrogen) atoms. The van der Waals surface area contributed by atoms with E-state index < -0.39 is 0 Å². The maximum atomic E-state index is 15.0. The van der Waals surface area contributed by atoms with Crippen LogP contribution in [-0.4, -0.2) is 0 Å². The molecule has 0 saturated heterocycles. The van der Waals surface area contributed by atoms with Crippen molar-refractivity contribution in [2.45, 2.75) is 44.4 Å². The summed E-state index contributed by atoms with van der Waals surface area (Å²) in [6, 6.07) is 14.2. The molecule has 6 heteroatoms. The predicted molar refractivity (Wildman–Crippen MR) is 126 cm³/mol. The number of halogens is 3. The van der Waals surface area contributed by atoms with Crippen molar-refractivity contribution in [3.05, 3.63) is 78.1 Å². The Morgan fingerprint density at radius 2 is 1.93 bits per heavy atom. The Kier molecular flexibility index (Phi) is 4.74. The second kappa shape index (κ2) is 7.35. The number of nitrogens with zero attached hydrogens (tertiary/aromatic N) is 1. The summed E-state index contributed by atoms with van der Waals surface area (Å²) in [7, 11) is 0. The zero-order chi connectivity index (χ0) is 20.4. The zero-order valence-electron chi connectivity index (χ0n) is 16.2. The van der Waals surface area contributed by atoms with Gasteiger partial charge in [0.15, 0.2) is 0 Å². The van der Waals surface area contributed by atoms with Crippen LogP contribution in [0.15, 0.2) is 51.4 Å². The monoisotopic (exact) mass is 547 g/mol. The van der Waals surface area contributed by atoms with Crippen LogP contribution >= 0.6 is 43.2 Å². The van der Waals surface area contributed by atoms with Crippen LogP contribution in [0.4, 0.5) is 10.1 Å². The Balaban J connectivity index is 1.43. The first kappa shape index (κ1) is 19.3. The molecule has 2 atom stereocenters. The van der Waals surface area contributed by atoms with E-state index in [1.807, 2.05) is 17.4 Å². The van der Waals surface area contributed by atoms with Crippen LogP contribution in [0.2, 0.25) is 0 Å². The standard InChI is InChI=1S/C24H20Br2FNOS/c25-15-4-7-19-14(9-15)10-20-23-18(27)11-16(26)12-21(23)29-24(28(19)20)22-8-6-17(30-22)5-3-13-1-2-13/h4,6-9,11-13,20,24H,1-3,5,10H2. The van der Waals surface area contributed by atoms with E-state index in [9.17, 15) is 0 Å². The van der Waals surface area contributed by atoms with Gasteiger partial charge in [-0.15, -0.1) is 11.3 Å². The molecule has 6 rings (SSSR count). The smallest absolute Gasteiger partial charge is 0.208 e. The minimum absolute atomic E-state index is 0.0619. The Labute approximate surface area is 196 Å². The van der Waals surface area contributed by atoms with E-state index in [1.165, 1.54) is 34.6 Å². The fourth-order valence-electron chi connectivity index (χ4n) is 4.74. The number of anilines is 1. The first-order valence-electron chi connectivity index (χ1n) is 10.4. The lowest BCUT2D eigenvalue weighted by Gasteiger charge is -2.40. The molecule has 2 aliphatic heterocycles. The average molecular weight is 549 g/mol. The van der Waals surface area contributed by atoms with Crippen molar-refractivity contribution in [3.8, 4) is 5.75 Å². The number of aryl methyl sites for hydroxylation is 1. The largest absolute Gasteiger partial charge is 0.465 e. The zero-order valence-corrected chi connectivity index (χ0v) is 20.2. The third kappa shape index (κ3) is 3.32. The van der Waals surface area contributed by atoms with E-state index in [1.54, 1.807) is 6.07 Å². The number of fused-ring (bicyclic) bond motifs is 5. The van der Waals surface area contributed by atoms with Crippen molar-refractivity contribution >= 4 is 48.9 Å².